The first-order valence-electron chi connectivity index (χ1n) is 9.94. The second kappa shape index (κ2) is 7.93. The van der Waals surface area contributed by atoms with Crippen LogP contribution in [0.2, 0.25) is 0 Å². The number of imidazole rings is 1. The van der Waals surface area contributed by atoms with Gasteiger partial charge in [-0.25, -0.2) is 9.97 Å². The third kappa shape index (κ3) is 3.79. The van der Waals surface area contributed by atoms with Crippen molar-refractivity contribution in [2.75, 3.05) is 36.5 Å². The number of anilines is 3. The average Bonchev–Trinajstić information content (AvgIpc) is 3.08. The molecule has 29 heavy (non-hydrogen) atoms. The summed E-state index contributed by atoms with van der Waals surface area (Å²) in [5.41, 5.74) is 5.00. The van der Waals surface area contributed by atoms with Crippen molar-refractivity contribution in [1.82, 2.24) is 14.4 Å². The molecular weight excluding hydrogens is 362 g/mol. The Morgan fingerprint density at radius 3 is 2.76 bits per heavy atom. The molecule has 0 radical (unpaired) electrons. The van der Waals surface area contributed by atoms with Gasteiger partial charge in [0, 0.05) is 48.6 Å². The monoisotopic (exact) mass is 385 g/mol. The van der Waals surface area contributed by atoms with Crippen molar-refractivity contribution in [1.29, 1.82) is 0 Å². The molecule has 3 aromatic rings. The van der Waals surface area contributed by atoms with E-state index in [1.54, 1.807) is 6.20 Å². The zero-order valence-corrected chi connectivity index (χ0v) is 16.2. The second-order valence-electron chi connectivity index (χ2n) is 7.09. The number of ether oxygens (including phenoxy) is 1. The summed E-state index contributed by atoms with van der Waals surface area (Å²) in [4.78, 5) is 11.7. The highest BCUT2D eigenvalue weighted by Gasteiger charge is 2.13. The normalized spacial score (nSPS) is 16.7. The smallest absolute Gasteiger partial charge is 0.180 e. The summed E-state index contributed by atoms with van der Waals surface area (Å²) in [6, 6.07) is 8.46. The Hall–Kier alpha value is -3.38. The van der Waals surface area contributed by atoms with Crippen molar-refractivity contribution in [3.05, 3.63) is 78.9 Å². The van der Waals surface area contributed by atoms with Crippen LogP contribution in [0.1, 0.15) is 12.1 Å². The molecule has 1 fully saturated rings. The average molecular weight is 385 g/mol. The van der Waals surface area contributed by atoms with Gasteiger partial charge < -0.3 is 19.4 Å². The molecule has 1 aliphatic heterocycles. The standard InChI is InChI=1S/C23H23N5O/c1-2-4-6-18(5-3-1)21-17-28-12-11-24-23(28)22(26-21)25-19-7-9-20(10-8-19)27-13-15-29-16-14-27/h1,3-12,17H,2,13-16H2,(H,25,26). The molecule has 0 bridgehead atoms. The first-order chi connectivity index (χ1) is 14.4. The van der Waals surface area contributed by atoms with Gasteiger partial charge in [-0.3, -0.25) is 0 Å². The summed E-state index contributed by atoms with van der Waals surface area (Å²) in [5, 5.41) is 3.45. The predicted molar refractivity (Wildman–Crippen MR) is 117 cm³/mol. The summed E-state index contributed by atoms with van der Waals surface area (Å²) in [7, 11) is 0. The van der Waals surface area contributed by atoms with E-state index in [-0.39, 0.29) is 0 Å². The molecule has 0 unspecified atom stereocenters. The molecule has 0 amide bonds. The number of rotatable bonds is 4. The lowest BCUT2D eigenvalue weighted by Gasteiger charge is -2.28. The Morgan fingerprint density at radius 1 is 1.03 bits per heavy atom. The van der Waals surface area contributed by atoms with Crippen molar-refractivity contribution in [3.8, 4) is 0 Å². The number of nitrogens with zero attached hydrogens (tertiary/aromatic N) is 4. The lowest BCUT2D eigenvalue weighted by molar-refractivity contribution is 0.122. The summed E-state index contributed by atoms with van der Waals surface area (Å²) in [6.07, 6.45) is 17.3. The molecule has 1 saturated heterocycles. The highest BCUT2D eigenvalue weighted by molar-refractivity contribution is 5.78. The van der Waals surface area contributed by atoms with Gasteiger partial charge in [0.2, 0.25) is 0 Å². The summed E-state index contributed by atoms with van der Waals surface area (Å²) in [5.74, 6) is 0.745. The SMILES string of the molecule is C1=CCC=CC(c2cn3ccnc3c(Nc3ccc(N4CCOCC4)cc3)n2)=C1. The van der Waals surface area contributed by atoms with Crippen LogP contribution in [0.3, 0.4) is 0 Å². The van der Waals surface area contributed by atoms with Gasteiger partial charge in [0.25, 0.3) is 0 Å². The molecule has 2 aliphatic rings. The highest BCUT2D eigenvalue weighted by atomic mass is 16.5. The molecule has 6 nitrogen and oxygen atoms in total. The largest absolute Gasteiger partial charge is 0.378 e. The van der Waals surface area contributed by atoms with Gasteiger partial charge >= 0.3 is 0 Å². The molecule has 0 atom stereocenters. The maximum absolute atomic E-state index is 5.44. The lowest BCUT2D eigenvalue weighted by Crippen LogP contribution is -2.36. The van der Waals surface area contributed by atoms with Gasteiger partial charge in [-0.2, -0.15) is 0 Å². The van der Waals surface area contributed by atoms with E-state index < -0.39 is 0 Å². The predicted octanol–water partition coefficient (Wildman–Crippen LogP) is 4.21. The van der Waals surface area contributed by atoms with Gasteiger partial charge in [0.05, 0.1) is 18.9 Å². The molecular formula is C23H23N5O. The van der Waals surface area contributed by atoms with Crippen LogP contribution in [-0.2, 0) is 4.74 Å². The van der Waals surface area contributed by atoms with E-state index in [9.17, 15) is 0 Å². The van der Waals surface area contributed by atoms with Crippen molar-refractivity contribution >= 4 is 28.4 Å². The first-order valence-corrected chi connectivity index (χ1v) is 9.94. The molecule has 1 aliphatic carbocycles. The third-order valence-corrected chi connectivity index (χ3v) is 5.16. The summed E-state index contributed by atoms with van der Waals surface area (Å²) in [6.45, 7) is 3.44. The zero-order chi connectivity index (χ0) is 19.5. The number of hydrogen-bond donors (Lipinski definition) is 1. The van der Waals surface area contributed by atoms with Gasteiger partial charge in [-0.1, -0.05) is 30.4 Å². The van der Waals surface area contributed by atoms with Gasteiger partial charge in [0.1, 0.15) is 0 Å². The number of morpholine rings is 1. The topological polar surface area (TPSA) is 54.7 Å². The summed E-state index contributed by atoms with van der Waals surface area (Å²) >= 11 is 0. The fourth-order valence-corrected chi connectivity index (χ4v) is 3.62. The number of hydrogen-bond acceptors (Lipinski definition) is 5. The Labute approximate surface area is 169 Å². The zero-order valence-electron chi connectivity index (χ0n) is 16.2. The second-order valence-corrected chi connectivity index (χ2v) is 7.09. The van der Waals surface area contributed by atoms with Crippen molar-refractivity contribution in [3.63, 3.8) is 0 Å². The molecule has 5 rings (SSSR count). The van der Waals surface area contributed by atoms with Crippen LogP contribution < -0.4 is 10.2 Å². The van der Waals surface area contributed by atoms with Crippen LogP contribution in [0.25, 0.3) is 11.2 Å². The van der Waals surface area contributed by atoms with Crippen LogP contribution in [0.5, 0.6) is 0 Å². The number of aromatic nitrogens is 3. The van der Waals surface area contributed by atoms with E-state index in [1.807, 2.05) is 16.8 Å². The minimum Gasteiger partial charge on any atom is -0.378 e. The van der Waals surface area contributed by atoms with E-state index in [0.717, 1.165) is 61.1 Å². The molecule has 6 heteroatoms. The van der Waals surface area contributed by atoms with E-state index in [0.29, 0.717) is 0 Å². The van der Waals surface area contributed by atoms with Crippen LogP contribution in [0.4, 0.5) is 17.2 Å². The highest BCUT2D eigenvalue weighted by Crippen LogP contribution is 2.25. The van der Waals surface area contributed by atoms with E-state index in [4.69, 9.17) is 9.72 Å². The van der Waals surface area contributed by atoms with Crippen LogP contribution in [0, 0.1) is 0 Å². The van der Waals surface area contributed by atoms with E-state index in [2.05, 4.69) is 69.8 Å². The Bertz CT molecular complexity index is 1090. The Kier molecular flexibility index (Phi) is 4.84. The molecule has 2 aromatic heterocycles. The minimum atomic E-state index is 0.745. The summed E-state index contributed by atoms with van der Waals surface area (Å²) < 4.78 is 7.45. The minimum absolute atomic E-state index is 0.745. The van der Waals surface area contributed by atoms with Crippen molar-refractivity contribution in [2.24, 2.45) is 0 Å². The van der Waals surface area contributed by atoms with Crippen LogP contribution in [0.15, 0.2) is 73.2 Å². The first kappa shape index (κ1) is 17.7. The third-order valence-electron chi connectivity index (χ3n) is 5.16. The molecule has 146 valence electrons. The van der Waals surface area contributed by atoms with Gasteiger partial charge in [-0.05, 0) is 30.7 Å². The fraction of sp³-hybridized carbons (Fsp3) is 0.217. The quantitative estimate of drug-likeness (QED) is 0.729. The van der Waals surface area contributed by atoms with Gasteiger partial charge in [0.15, 0.2) is 11.5 Å². The van der Waals surface area contributed by atoms with E-state index in [1.165, 1.54) is 5.69 Å². The van der Waals surface area contributed by atoms with E-state index >= 15 is 0 Å². The number of allylic oxidation sites excluding steroid dienone is 6. The number of benzene rings is 1. The lowest BCUT2D eigenvalue weighted by atomic mass is 10.1. The van der Waals surface area contributed by atoms with Crippen LogP contribution >= 0.6 is 0 Å². The van der Waals surface area contributed by atoms with Crippen LogP contribution in [-0.4, -0.2) is 40.7 Å². The van der Waals surface area contributed by atoms with Crippen molar-refractivity contribution < 1.29 is 4.74 Å². The molecule has 3 heterocycles. The molecule has 1 N–H and O–H groups in total. The number of fused-ring (bicyclic) bond motifs is 1. The molecule has 1 aromatic carbocycles. The maximum Gasteiger partial charge on any atom is 0.180 e. The van der Waals surface area contributed by atoms with Gasteiger partial charge in [-0.15, -0.1) is 0 Å². The maximum atomic E-state index is 5.44. The fourth-order valence-electron chi connectivity index (χ4n) is 3.62. The molecule has 0 saturated carbocycles. The Balaban J connectivity index is 1.44. The Morgan fingerprint density at radius 2 is 1.90 bits per heavy atom. The number of nitrogens with one attached hydrogen (secondary N) is 1. The van der Waals surface area contributed by atoms with Crippen molar-refractivity contribution in [2.45, 2.75) is 6.42 Å². The molecule has 0 spiro atoms.